The first-order valence-electron chi connectivity index (χ1n) is 6.67. The Balaban J connectivity index is 1.96. The van der Waals surface area contributed by atoms with Crippen molar-refractivity contribution in [2.24, 2.45) is 0 Å². The van der Waals surface area contributed by atoms with E-state index >= 15 is 0 Å². The quantitative estimate of drug-likeness (QED) is 0.724. The van der Waals surface area contributed by atoms with Crippen molar-refractivity contribution in [3.63, 3.8) is 0 Å². The number of carbonyl (C=O) groups excluding carboxylic acids is 2. The van der Waals surface area contributed by atoms with Gasteiger partial charge in [-0.15, -0.1) is 0 Å². The van der Waals surface area contributed by atoms with Crippen molar-refractivity contribution in [1.29, 1.82) is 0 Å². The van der Waals surface area contributed by atoms with Crippen LogP contribution in [0.1, 0.15) is 60.7 Å². The number of hydrogen-bond acceptors (Lipinski definition) is 4. The molecule has 0 saturated heterocycles. The molecule has 96 valence electrons. The molecule has 4 heteroatoms. The Morgan fingerprint density at radius 1 is 1.26 bits per heavy atom. The summed E-state index contributed by atoms with van der Waals surface area (Å²) in [6.07, 6.45) is 5.82. The van der Waals surface area contributed by atoms with E-state index in [9.17, 15) is 9.59 Å². The Kier molecular flexibility index (Phi) is 2.03. The van der Waals surface area contributed by atoms with Crippen molar-refractivity contribution < 1.29 is 14.0 Å². The Bertz CT molecular complexity index is 686. The number of allylic oxidation sites excluding steroid dienone is 4. The molecule has 0 radical (unpaired) electrons. The van der Waals surface area contributed by atoms with Gasteiger partial charge in [-0.2, -0.15) is 0 Å². The lowest BCUT2D eigenvalue weighted by molar-refractivity contribution is -0.111. The van der Waals surface area contributed by atoms with Gasteiger partial charge in [0, 0.05) is 17.1 Å². The maximum atomic E-state index is 12.2. The second kappa shape index (κ2) is 3.53. The first-order valence-corrected chi connectivity index (χ1v) is 6.67. The summed E-state index contributed by atoms with van der Waals surface area (Å²) in [6.45, 7) is 1.91. The molecule has 3 aliphatic rings. The van der Waals surface area contributed by atoms with Gasteiger partial charge in [-0.05, 0) is 32.6 Å². The smallest absolute Gasteiger partial charge is 0.255 e. The summed E-state index contributed by atoms with van der Waals surface area (Å²) >= 11 is 0. The molecule has 4 rings (SSSR count). The van der Waals surface area contributed by atoms with Gasteiger partial charge in [-0.1, -0.05) is 11.6 Å². The van der Waals surface area contributed by atoms with Crippen LogP contribution in [0.3, 0.4) is 0 Å². The van der Waals surface area contributed by atoms with E-state index in [-0.39, 0.29) is 5.69 Å². The summed E-state index contributed by atoms with van der Waals surface area (Å²) in [5.41, 5.74) is 2.52. The number of nitrogens with zero attached hydrogens (tertiary/aromatic N) is 1. The van der Waals surface area contributed by atoms with Crippen molar-refractivity contribution >= 4 is 17.1 Å². The SMILES string of the molecule is CC1=C2C(=O)C(=O)c3nc(C4CC4)oc3C2=CCC1. The fourth-order valence-corrected chi connectivity index (χ4v) is 2.81. The van der Waals surface area contributed by atoms with Crippen molar-refractivity contribution in [3.05, 3.63) is 34.6 Å². The molecule has 0 amide bonds. The van der Waals surface area contributed by atoms with E-state index in [1.807, 2.05) is 13.0 Å². The number of aromatic nitrogens is 1. The second-order valence-electron chi connectivity index (χ2n) is 5.47. The van der Waals surface area contributed by atoms with E-state index < -0.39 is 11.6 Å². The van der Waals surface area contributed by atoms with E-state index in [1.54, 1.807) is 0 Å². The molecule has 0 bridgehead atoms. The lowest BCUT2D eigenvalue weighted by atomic mass is 9.81. The normalized spacial score (nSPS) is 22.3. The standard InChI is InChI=1S/C15H13NO3/c1-7-3-2-4-9-10(7)12(17)13(18)11-14(9)19-15(16-11)8-5-6-8/h4,8H,2-3,5-6H2,1H3. The van der Waals surface area contributed by atoms with Crippen molar-refractivity contribution in [2.75, 3.05) is 0 Å². The highest BCUT2D eigenvalue weighted by Gasteiger charge is 2.41. The fourth-order valence-electron chi connectivity index (χ4n) is 2.81. The summed E-state index contributed by atoms with van der Waals surface area (Å²) in [5.74, 6) is 0.536. The highest BCUT2D eigenvalue weighted by atomic mass is 16.4. The lowest BCUT2D eigenvalue weighted by Crippen LogP contribution is -2.26. The summed E-state index contributed by atoms with van der Waals surface area (Å²) in [6, 6.07) is 0. The van der Waals surface area contributed by atoms with Crippen molar-refractivity contribution in [1.82, 2.24) is 4.98 Å². The third-order valence-electron chi connectivity index (χ3n) is 4.03. The zero-order chi connectivity index (χ0) is 13.1. The average Bonchev–Trinajstić information content (AvgIpc) is 3.15. The van der Waals surface area contributed by atoms with Crippen LogP contribution in [0.25, 0.3) is 5.57 Å². The average molecular weight is 255 g/mol. The van der Waals surface area contributed by atoms with Gasteiger partial charge in [0.2, 0.25) is 5.78 Å². The number of ketones is 2. The predicted molar refractivity (Wildman–Crippen MR) is 67.7 cm³/mol. The third kappa shape index (κ3) is 1.43. The molecule has 0 aromatic carbocycles. The zero-order valence-corrected chi connectivity index (χ0v) is 10.7. The maximum absolute atomic E-state index is 12.2. The van der Waals surface area contributed by atoms with Crippen LogP contribution in [0.4, 0.5) is 0 Å². The summed E-state index contributed by atoms with van der Waals surface area (Å²) in [5, 5.41) is 0. The first-order chi connectivity index (χ1) is 9.16. The van der Waals surface area contributed by atoms with Gasteiger partial charge in [0.05, 0.1) is 0 Å². The van der Waals surface area contributed by atoms with E-state index in [0.717, 1.165) is 36.8 Å². The van der Waals surface area contributed by atoms with E-state index in [2.05, 4.69) is 4.98 Å². The molecular formula is C15H13NO3. The maximum Gasteiger partial charge on any atom is 0.255 e. The van der Waals surface area contributed by atoms with Crippen LogP contribution in [-0.4, -0.2) is 16.6 Å². The van der Waals surface area contributed by atoms with Crippen LogP contribution >= 0.6 is 0 Å². The molecule has 1 saturated carbocycles. The Labute approximate surface area is 110 Å². The highest BCUT2D eigenvalue weighted by molar-refractivity contribution is 6.54. The minimum absolute atomic E-state index is 0.219. The van der Waals surface area contributed by atoms with Crippen molar-refractivity contribution in [2.45, 2.75) is 38.5 Å². The Morgan fingerprint density at radius 3 is 2.79 bits per heavy atom. The number of hydrogen-bond donors (Lipinski definition) is 0. The number of carbonyl (C=O) groups is 2. The molecule has 0 N–H and O–H groups in total. The third-order valence-corrected chi connectivity index (χ3v) is 4.03. The van der Waals surface area contributed by atoms with E-state index in [1.165, 1.54) is 0 Å². The van der Waals surface area contributed by atoms with Crippen LogP contribution in [0.5, 0.6) is 0 Å². The van der Waals surface area contributed by atoms with Gasteiger partial charge >= 0.3 is 0 Å². The second-order valence-corrected chi connectivity index (χ2v) is 5.47. The molecule has 1 fully saturated rings. The Hall–Kier alpha value is -1.97. The molecule has 3 aliphatic carbocycles. The number of rotatable bonds is 1. The van der Waals surface area contributed by atoms with Crippen LogP contribution in [0.2, 0.25) is 0 Å². The minimum atomic E-state index is -0.515. The summed E-state index contributed by atoms with van der Waals surface area (Å²) in [7, 11) is 0. The van der Waals surface area contributed by atoms with E-state index in [4.69, 9.17) is 4.42 Å². The van der Waals surface area contributed by atoms with Gasteiger partial charge in [0.1, 0.15) is 0 Å². The lowest BCUT2D eigenvalue weighted by Gasteiger charge is -2.20. The highest BCUT2D eigenvalue weighted by Crippen LogP contribution is 2.44. The number of oxazole rings is 1. The van der Waals surface area contributed by atoms with Gasteiger partial charge in [-0.3, -0.25) is 9.59 Å². The molecule has 0 atom stereocenters. The largest absolute Gasteiger partial charge is 0.440 e. The molecular weight excluding hydrogens is 242 g/mol. The molecule has 0 unspecified atom stereocenters. The Morgan fingerprint density at radius 2 is 2.05 bits per heavy atom. The molecule has 1 heterocycles. The predicted octanol–water partition coefficient (Wildman–Crippen LogP) is 2.81. The fraction of sp³-hybridized carbons (Fsp3) is 0.400. The molecule has 0 aliphatic heterocycles. The molecule has 1 aromatic rings. The van der Waals surface area contributed by atoms with Gasteiger partial charge in [0.25, 0.3) is 5.78 Å². The van der Waals surface area contributed by atoms with Crippen LogP contribution in [0, 0.1) is 0 Å². The van der Waals surface area contributed by atoms with Gasteiger partial charge in [-0.25, -0.2) is 4.98 Å². The molecule has 4 nitrogen and oxygen atoms in total. The van der Waals surface area contributed by atoms with Gasteiger partial charge < -0.3 is 4.42 Å². The molecule has 1 aromatic heterocycles. The minimum Gasteiger partial charge on any atom is -0.440 e. The number of Topliss-reactive ketones (excluding diaryl/α,β-unsaturated/α-hetero) is 2. The molecule has 0 spiro atoms. The van der Waals surface area contributed by atoms with Crippen LogP contribution in [-0.2, 0) is 4.79 Å². The van der Waals surface area contributed by atoms with E-state index in [0.29, 0.717) is 23.1 Å². The first kappa shape index (κ1) is 10.9. The zero-order valence-electron chi connectivity index (χ0n) is 10.7. The van der Waals surface area contributed by atoms with Crippen LogP contribution in [0.15, 0.2) is 21.6 Å². The molecule has 19 heavy (non-hydrogen) atoms. The number of fused-ring (bicyclic) bond motifs is 3. The topological polar surface area (TPSA) is 60.2 Å². The summed E-state index contributed by atoms with van der Waals surface area (Å²) in [4.78, 5) is 28.6. The monoisotopic (exact) mass is 255 g/mol. The summed E-state index contributed by atoms with van der Waals surface area (Å²) < 4.78 is 5.78. The van der Waals surface area contributed by atoms with Gasteiger partial charge in [0.15, 0.2) is 17.3 Å². The van der Waals surface area contributed by atoms with Crippen molar-refractivity contribution in [3.8, 4) is 0 Å². The van der Waals surface area contributed by atoms with Crippen LogP contribution < -0.4 is 0 Å².